The smallest absolute Gasteiger partial charge is 0.0294 e. The number of hydrogen-bond acceptors (Lipinski definition) is 3. The molecule has 1 aliphatic heterocycles. The van der Waals surface area contributed by atoms with E-state index < -0.39 is 0 Å². The summed E-state index contributed by atoms with van der Waals surface area (Å²) in [6.07, 6.45) is 4.12. The molecular formula is C4H9N3. The van der Waals surface area contributed by atoms with Crippen molar-refractivity contribution in [3.05, 3.63) is 12.2 Å². The maximum Gasteiger partial charge on any atom is 0.0294 e. The first-order chi connectivity index (χ1) is 3.50. The average Bonchev–Trinajstić information content (AvgIpc) is 1.90. The molecule has 0 spiro atoms. The third kappa shape index (κ3) is 1.68. The van der Waals surface area contributed by atoms with E-state index >= 15 is 0 Å². The second-order valence-corrected chi connectivity index (χ2v) is 1.36. The normalized spacial score (nSPS) is 21.7. The van der Waals surface area contributed by atoms with E-state index in [2.05, 4.69) is 28.5 Å². The van der Waals surface area contributed by atoms with Gasteiger partial charge in [0.2, 0.25) is 0 Å². The lowest BCUT2D eigenvalue weighted by Crippen LogP contribution is -2.41. The fourth-order valence-electron chi connectivity index (χ4n) is 0.449. The third-order valence-corrected chi connectivity index (χ3v) is 0.783. The molecule has 0 saturated heterocycles. The molecule has 0 amide bonds. The van der Waals surface area contributed by atoms with Crippen molar-refractivity contribution in [2.24, 2.45) is 0 Å². The standard InChI is InChI=1S/C4H9N3/c1-2-4-6-7-5-3-1/h1-2,5-7H,3-4H2. The van der Waals surface area contributed by atoms with Crippen LogP contribution in [0.3, 0.4) is 0 Å². The van der Waals surface area contributed by atoms with Crippen molar-refractivity contribution >= 4 is 0 Å². The van der Waals surface area contributed by atoms with Crippen molar-refractivity contribution in [3.8, 4) is 0 Å². The summed E-state index contributed by atoms with van der Waals surface area (Å²) >= 11 is 0. The van der Waals surface area contributed by atoms with Crippen molar-refractivity contribution < 1.29 is 0 Å². The first kappa shape index (κ1) is 4.77. The molecule has 7 heavy (non-hydrogen) atoms. The number of nitrogens with one attached hydrogen (secondary N) is 3. The average molecular weight is 99.1 g/mol. The fraction of sp³-hybridized carbons (Fsp3) is 0.500. The topological polar surface area (TPSA) is 36.1 Å². The van der Waals surface area contributed by atoms with E-state index in [-0.39, 0.29) is 0 Å². The first-order valence-corrected chi connectivity index (χ1v) is 2.36. The molecule has 0 aliphatic carbocycles. The Hall–Kier alpha value is -0.380. The molecule has 1 heterocycles. The summed E-state index contributed by atoms with van der Waals surface area (Å²) in [5.41, 5.74) is 8.58. The Morgan fingerprint density at radius 1 is 1.00 bits per heavy atom. The Balaban J connectivity index is 2.20. The molecule has 0 radical (unpaired) electrons. The Morgan fingerprint density at radius 3 is 2.14 bits per heavy atom. The van der Waals surface area contributed by atoms with Crippen LogP contribution in [0.4, 0.5) is 0 Å². The van der Waals surface area contributed by atoms with E-state index in [9.17, 15) is 0 Å². The van der Waals surface area contributed by atoms with Gasteiger partial charge in [0, 0.05) is 13.1 Å². The molecule has 3 nitrogen and oxygen atoms in total. The SMILES string of the molecule is C1=CCNNNC1. The van der Waals surface area contributed by atoms with Gasteiger partial charge in [-0.05, 0) is 0 Å². The zero-order chi connectivity index (χ0) is 4.95. The van der Waals surface area contributed by atoms with Crippen LogP contribution in [0, 0.1) is 0 Å². The lowest BCUT2D eigenvalue weighted by molar-refractivity contribution is 0.487. The molecule has 40 valence electrons. The van der Waals surface area contributed by atoms with Crippen molar-refractivity contribution in [3.63, 3.8) is 0 Å². The molecule has 0 fully saturated rings. The second-order valence-electron chi connectivity index (χ2n) is 1.36. The van der Waals surface area contributed by atoms with Crippen LogP contribution in [0.5, 0.6) is 0 Å². The second kappa shape index (κ2) is 2.74. The van der Waals surface area contributed by atoms with Gasteiger partial charge in [-0.25, -0.2) is 10.9 Å². The summed E-state index contributed by atoms with van der Waals surface area (Å²) < 4.78 is 0. The number of rotatable bonds is 0. The molecule has 0 bridgehead atoms. The van der Waals surface area contributed by atoms with Crippen molar-refractivity contribution in [2.45, 2.75) is 0 Å². The highest BCUT2D eigenvalue weighted by Crippen LogP contribution is 1.68. The lowest BCUT2D eigenvalue weighted by atomic mass is 10.5. The molecule has 0 saturated carbocycles. The first-order valence-electron chi connectivity index (χ1n) is 2.36. The highest BCUT2D eigenvalue weighted by molar-refractivity contribution is 4.86. The van der Waals surface area contributed by atoms with E-state index in [4.69, 9.17) is 0 Å². The summed E-state index contributed by atoms with van der Waals surface area (Å²) in [6.45, 7) is 1.79. The summed E-state index contributed by atoms with van der Waals surface area (Å²) in [4.78, 5) is 0. The molecule has 0 atom stereocenters. The van der Waals surface area contributed by atoms with Gasteiger partial charge in [0.1, 0.15) is 0 Å². The Morgan fingerprint density at radius 2 is 1.57 bits per heavy atom. The molecule has 1 rings (SSSR count). The lowest BCUT2D eigenvalue weighted by Gasteiger charge is -1.98. The van der Waals surface area contributed by atoms with Gasteiger partial charge in [0.05, 0.1) is 0 Å². The molecule has 0 aromatic heterocycles. The van der Waals surface area contributed by atoms with Gasteiger partial charge in [0.15, 0.2) is 0 Å². The van der Waals surface area contributed by atoms with Crippen molar-refractivity contribution in [2.75, 3.05) is 13.1 Å². The van der Waals surface area contributed by atoms with E-state index in [1.807, 2.05) is 0 Å². The van der Waals surface area contributed by atoms with Crippen LogP contribution >= 0.6 is 0 Å². The van der Waals surface area contributed by atoms with Crippen LogP contribution in [0.2, 0.25) is 0 Å². The minimum absolute atomic E-state index is 0.896. The Kier molecular flexibility index (Phi) is 1.87. The van der Waals surface area contributed by atoms with Gasteiger partial charge in [-0.15, -0.1) is 0 Å². The molecule has 0 unspecified atom stereocenters. The van der Waals surface area contributed by atoms with Crippen LogP contribution in [-0.2, 0) is 0 Å². The highest BCUT2D eigenvalue weighted by atomic mass is 15.6. The largest absolute Gasteiger partial charge is 0.240 e. The Bertz CT molecular complexity index is 61.3. The summed E-state index contributed by atoms with van der Waals surface area (Å²) in [5, 5.41) is 0. The van der Waals surface area contributed by atoms with Gasteiger partial charge in [-0.1, -0.05) is 12.2 Å². The zero-order valence-electron chi connectivity index (χ0n) is 4.07. The van der Waals surface area contributed by atoms with Crippen LogP contribution in [0.1, 0.15) is 0 Å². The third-order valence-electron chi connectivity index (χ3n) is 0.783. The molecule has 0 aromatic rings. The highest BCUT2D eigenvalue weighted by Gasteiger charge is 1.82. The fourth-order valence-corrected chi connectivity index (χ4v) is 0.449. The predicted molar refractivity (Wildman–Crippen MR) is 28.3 cm³/mol. The predicted octanol–water partition coefficient (Wildman–Crippen LogP) is -0.845. The van der Waals surface area contributed by atoms with Crippen LogP contribution < -0.4 is 16.4 Å². The van der Waals surface area contributed by atoms with E-state index in [0.29, 0.717) is 0 Å². The monoisotopic (exact) mass is 99.1 g/mol. The molecule has 0 aromatic carbocycles. The maximum absolute atomic E-state index is 2.90. The molecular weight excluding hydrogens is 90.1 g/mol. The van der Waals surface area contributed by atoms with Gasteiger partial charge in [0.25, 0.3) is 0 Å². The molecule has 3 N–H and O–H groups in total. The van der Waals surface area contributed by atoms with Crippen LogP contribution in [0.15, 0.2) is 12.2 Å². The van der Waals surface area contributed by atoms with Crippen molar-refractivity contribution in [1.29, 1.82) is 0 Å². The summed E-state index contributed by atoms with van der Waals surface area (Å²) in [6, 6.07) is 0. The minimum Gasteiger partial charge on any atom is -0.240 e. The van der Waals surface area contributed by atoms with Gasteiger partial charge in [-0.2, -0.15) is 5.53 Å². The van der Waals surface area contributed by atoms with E-state index in [1.165, 1.54) is 0 Å². The minimum atomic E-state index is 0.896. The van der Waals surface area contributed by atoms with Gasteiger partial charge < -0.3 is 0 Å². The van der Waals surface area contributed by atoms with Crippen LogP contribution in [0.25, 0.3) is 0 Å². The van der Waals surface area contributed by atoms with Gasteiger partial charge >= 0.3 is 0 Å². The van der Waals surface area contributed by atoms with E-state index in [0.717, 1.165) is 13.1 Å². The zero-order valence-corrected chi connectivity index (χ0v) is 4.07. The van der Waals surface area contributed by atoms with Crippen molar-refractivity contribution in [1.82, 2.24) is 16.4 Å². The Labute approximate surface area is 42.7 Å². The van der Waals surface area contributed by atoms with Crippen LogP contribution in [-0.4, -0.2) is 13.1 Å². The maximum atomic E-state index is 2.90. The quantitative estimate of drug-likeness (QED) is 0.346. The summed E-state index contributed by atoms with van der Waals surface area (Å²) in [5.74, 6) is 0. The molecule has 1 aliphatic rings. The van der Waals surface area contributed by atoms with Gasteiger partial charge in [-0.3, -0.25) is 0 Å². The number of hydrogen-bond donors (Lipinski definition) is 3. The number of hydrazine groups is 2. The molecule has 3 heteroatoms. The summed E-state index contributed by atoms with van der Waals surface area (Å²) in [7, 11) is 0. The van der Waals surface area contributed by atoms with E-state index in [1.54, 1.807) is 0 Å².